The first-order chi connectivity index (χ1) is 9.32. The lowest BCUT2D eigenvalue weighted by Crippen LogP contribution is -2.43. The van der Waals surface area contributed by atoms with Gasteiger partial charge in [0.15, 0.2) is 0 Å². The molecule has 0 aliphatic carbocycles. The Morgan fingerprint density at radius 1 is 1.00 bits per heavy atom. The Kier molecular flexibility index (Phi) is 8.06. The molecule has 0 aromatic carbocycles. The molecule has 120 valence electrons. The van der Waals surface area contributed by atoms with Crippen molar-refractivity contribution >= 4 is 30.1 Å². The average Bonchev–Trinajstić information content (AvgIpc) is 2.38. The molecule has 0 saturated carbocycles. The van der Waals surface area contributed by atoms with Gasteiger partial charge in [-0.2, -0.15) is 0 Å². The molecule has 1 aromatic rings. The van der Waals surface area contributed by atoms with Crippen molar-refractivity contribution in [3.63, 3.8) is 0 Å². The number of hydrogen-bond donors (Lipinski definition) is 0. The maximum atomic E-state index is 12.3. The second kappa shape index (κ2) is 8.69. The van der Waals surface area contributed by atoms with Crippen LogP contribution in [0.1, 0.15) is 0 Å². The lowest BCUT2D eigenvalue weighted by atomic mass is 10.4. The molecule has 0 saturated heterocycles. The van der Waals surface area contributed by atoms with Crippen molar-refractivity contribution in [2.24, 2.45) is 0 Å². The van der Waals surface area contributed by atoms with Gasteiger partial charge in [-0.3, -0.25) is 4.90 Å². The van der Waals surface area contributed by atoms with Gasteiger partial charge in [0, 0.05) is 41.3 Å². The second-order valence-electron chi connectivity index (χ2n) is 5.38. The topological polar surface area (TPSA) is 42.9 Å². The normalized spacial score (nSPS) is 10.0. The van der Waals surface area contributed by atoms with Crippen molar-refractivity contribution in [1.82, 2.24) is 14.8 Å². The summed E-state index contributed by atoms with van der Waals surface area (Å²) in [5.41, 5.74) is 0. The van der Waals surface area contributed by atoms with Crippen LogP contribution in [0.4, 0.5) is 16.4 Å². The number of urea groups is 1. The van der Waals surface area contributed by atoms with Crippen LogP contribution >= 0.6 is 12.4 Å². The maximum absolute atomic E-state index is 12.3. The third-order valence-corrected chi connectivity index (χ3v) is 2.84. The molecule has 0 fully saturated rings. The number of aromatic nitrogens is 1. The first-order valence-electron chi connectivity index (χ1n) is 6.61. The summed E-state index contributed by atoms with van der Waals surface area (Å²) < 4.78 is 0. The first-order valence-corrected chi connectivity index (χ1v) is 6.61. The van der Waals surface area contributed by atoms with Gasteiger partial charge < -0.3 is 14.7 Å². The molecule has 0 aliphatic heterocycles. The summed E-state index contributed by atoms with van der Waals surface area (Å²) in [7, 11) is 11.3. The van der Waals surface area contributed by atoms with Crippen LogP contribution < -0.4 is 9.80 Å². The molecule has 1 aromatic heterocycles. The van der Waals surface area contributed by atoms with Gasteiger partial charge in [-0.25, -0.2) is 9.78 Å². The minimum Gasteiger partial charge on any atom is -0.363 e. The molecule has 0 bridgehead atoms. The Labute approximate surface area is 133 Å². The monoisotopic (exact) mass is 315 g/mol. The van der Waals surface area contributed by atoms with E-state index in [1.807, 2.05) is 56.2 Å². The number of carbonyl (C=O) groups is 1. The van der Waals surface area contributed by atoms with E-state index in [4.69, 9.17) is 0 Å². The smallest absolute Gasteiger partial charge is 0.325 e. The quantitative estimate of drug-likeness (QED) is 0.828. The van der Waals surface area contributed by atoms with E-state index < -0.39 is 0 Å². The number of likely N-dealkylation sites (N-methyl/N-ethyl adjacent to an activating group) is 1. The van der Waals surface area contributed by atoms with Crippen molar-refractivity contribution in [2.45, 2.75) is 0 Å². The number of nitrogens with zero attached hydrogens (tertiary/aromatic N) is 5. The molecule has 6 nitrogen and oxygen atoms in total. The van der Waals surface area contributed by atoms with Crippen LogP contribution in [0.2, 0.25) is 0 Å². The summed E-state index contributed by atoms with van der Waals surface area (Å²) in [4.78, 5) is 24.1. The molecular weight excluding hydrogens is 290 g/mol. The first kappa shape index (κ1) is 19.5. The Morgan fingerprint density at radius 2 is 1.57 bits per heavy atom. The lowest BCUT2D eigenvalue weighted by molar-refractivity contribution is 0.222. The third-order valence-electron chi connectivity index (χ3n) is 2.84. The van der Waals surface area contributed by atoms with Gasteiger partial charge in [0.2, 0.25) is 0 Å². The highest BCUT2D eigenvalue weighted by Crippen LogP contribution is 2.17. The molecule has 1 heterocycles. The minimum atomic E-state index is -0.0599. The second-order valence-corrected chi connectivity index (χ2v) is 5.38. The fourth-order valence-electron chi connectivity index (χ4n) is 1.66. The summed E-state index contributed by atoms with van der Waals surface area (Å²) in [6.45, 7) is 1.39. The highest BCUT2D eigenvalue weighted by molar-refractivity contribution is 5.90. The number of rotatable bonds is 5. The largest absolute Gasteiger partial charge is 0.363 e. The van der Waals surface area contributed by atoms with E-state index in [0.29, 0.717) is 12.4 Å². The predicted molar refractivity (Wildman–Crippen MR) is 90.8 cm³/mol. The van der Waals surface area contributed by atoms with Gasteiger partial charge in [-0.1, -0.05) is 6.07 Å². The Balaban J connectivity index is 0.00000400. The SMILES string of the molecule is CN(C)CCN(C(=O)N(C)C)c1cccc(N(C)C)n1.Cl. The zero-order chi connectivity index (χ0) is 15.3. The Morgan fingerprint density at radius 3 is 2.05 bits per heavy atom. The molecule has 7 heteroatoms. The van der Waals surface area contributed by atoms with Gasteiger partial charge in [0.1, 0.15) is 11.6 Å². The van der Waals surface area contributed by atoms with Crippen LogP contribution in [0.3, 0.4) is 0 Å². The van der Waals surface area contributed by atoms with Crippen molar-refractivity contribution in [2.75, 3.05) is 65.2 Å². The molecule has 0 aliphatic rings. The van der Waals surface area contributed by atoms with E-state index in [2.05, 4.69) is 4.98 Å². The van der Waals surface area contributed by atoms with Crippen LogP contribution in [0.5, 0.6) is 0 Å². The van der Waals surface area contributed by atoms with Crippen LogP contribution in [0.25, 0.3) is 0 Å². The van der Waals surface area contributed by atoms with Crippen LogP contribution in [0, 0.1) is 0 Å². The summed E-state index contributed by atoms with van der Waals surface area (Å²) in [5, 5.41) is 0. The molecule has 0 radical (unpaired) electrons. The summed E-state index contributed by atoms with van der Waals surface area (Å²) in [6, 6.07) is 5.65. The Hall–Kier alpha value is -1.53. The highest BCUT2D eigenvalue weighted by Gasteiger charge is 2.19. The van der Waals surface area contributed by atoms with E-state index in [1.54, 1.807) is 23.9 Å². The van der Waals surface area contributed by atoms with E-state index in [-0.39, 0.29) is 18.4 Å². The van der Waals surface area contributed by atoms with Crippen LogP contribution in [-0.4, -0.2) is 76.2 Å². The molecular formula is C14H26ClN5O. The molecule has 1 rings (SSSR count). The average molecular weight is 316 g/mol. The van der Waals surface area contributed by atoms with E-state index in [9.17, 15) is 4.79 Å². The summed E-state index contributed by atoms with van der Waals surface area (Å²) >= 11 is 0. The van der Waals surface area contributed by atoms with Crippen LogP contribution in [-0.2, 0) is 0 Å². The number of hydrogen-bond acceptors (Lipinski definition) is 4. The molecule has 2 amide bonds. The fourth-order valence-corrected chi connectivity index (χ4v) is 1.66. The van der Waals surface area contributed by atoms with E-state index >= 15 is 0 Å². The lowest BCUT2D eigenvalue weighted by Gasteiger charge is -2.27. The molecule has 0 unspecified atom stereocenters. The summed E-state index contributed by atoms with van der Waals surface area (Å²) in [6.07, 6.45) is 0. The van der Waals surface area contributed by atoms with E-state index in [1.165, 1.54) is 0 Å². The van der Waals surface area contributed by atoms with Crippen molar-refractivity contribution in [3.05, 3.63) is 18.2 Å². The Bertz CT molecular complexity index is 451. The maximum Gasteiger partial charge on any atom is 0.325 e. The fraction of sp³-hybridized carbons (Fsp3) is 0.571. The van der Waals surface area contributed by atoms with Crippen molar-refractivity contribution < 1.29 is 4.79 Å². The van der Waals surface area contributed by atoms with Gasteiger partial charge in [-0.15, -0.1) is 12.4 Å². The van der Waals surface area contributed by atoms with Crippen molar-refractivity contribution in [3.8, 4) is 0 Å². The minimum absolute atomic E-state index is 0. The van der Waals surface area contributed by atoms with Gasteiger partial charge in [0.05, 0.1) is 0 Å². The number of carbonyl (C=O) groups excluding carboxylic acids is 1. The number of amides is 2. The standard InChI is InChI=1S/C14H25N5O.ClH/c1-16(2)10-11-19(14(20)18(5)6)13-9-7-8-12(15-13)17(3)4;/h7-9H,10-11H2,1-6H3;1H. The van der Waals surface area contributed by atoms with Gasteiger partial charge in [0.25, 0.3) is 0 Å². The van der Waals surface area contributed by atoms with Gasteiger partial charge in [-0.05, 0) is 26.2 Å². The predicted octanol–water partition coefficient (Wildman–Crippen LogP) is 1.62. The molecule has 21 heavy (non-hydrogen) atoms. The highest BCUT2D eigenvalue weighted by atomic mass is 35.5. The van der Waals surface area contributed by atoms with Crippen molar-refractivity contribution in [1.29, 1.82) is 0 Å². The molecule has 0 atom stereocenters. The van der Waals surface area contributed by atoms with E-state index in [0.717, 1.165) is 12.4 Å². The number of anilines is 2. The molecule has 0 spiro atoms. The number of pyridine rings is 1. The zero-order valence-electron chi connectivity index (χ0n) is 13.7. The van der Waals surface area contributed by atoms with Gasteiger partial charge >= 0.3 is 6.03 Å². The third kappa shape index (κ3) is 5.77. The zero-order valence-corrected chi connectivity index (χ0v) is 14.5. The van der Waals surface area contributed by atoms with Crippen LogP contribution in [0.15, 0.2) is 18.2 Å². The summed E-state index contributed by atoms with van der Waals surface area (Å²) in [5.74, 6) is 1.51. The number of halogens is 1. The molecule has 0 N–H and O–H groups in total.